The fraction of sp³-hybridized carbons (Fsp3) is 0.588. The summed E-state index contributed by atoms with van der Waals surface area (Å²) in [6.07, 6.45) is 2.31. The van der Waals surface area contributed by atoms with Crippen molar-refractivity contribution in [3.63, 3.8) is 0 Å². The Morgan fingerprint density at radius 1 is 1.38 bits per heavy atom. The summed E-state index contributed by atoms with van der Waals surface area (Å²) in [5.41, 5.74) is 3.20. The van der Waals surface area contributed by atoms with Gasteiger partial charge in [-0.1, -0.05) is 31.5 Å². The standard InChI is InChI=1S/C17H27N3O/c1-4-5-10-20-11-9-18-12-15(20)17(21)19-16-13(2)7-6-8-14(16)3/h6-8,15,18H,4-5,9-12H2,1-3H3,(H,19,21)/t15-/m0/s1. The second-order valence-corrected chi connectivity index (χ2v) is 5.87. The molecule has 1 amide bonds. The van der Waals surface area contributed by atoms with E-state index >= 15 is 0 Å². The quantitative estimate of drug-likeness (QED) is 0.874. The van der Waals surface area contributed by atoms with Crippen LogP contribution >= 0.6 is 0 Å². The summed E-state index contributed by atoms with van der Waals surface area (Å²) in [7, 11) is 0. The molecule has 0 aliphatic carbocycles. The Kier molecular flexibility index (Phi) is 5.76. The van der Waals surface area contributed by atoms with Crippen LogP contribution in [0.1, 0.15) is 30.9 Å². The molecule has 1 atom stereocenters. The van der Waals surface area contributed by atoms with Crippen LogP contribution in [0.3, 0.4) is 0 Å². The normalized spacial score (nSPS) is 19.5. The molecule has 0 saturated carbocycles. The van der Waals surface area contributed by atoms with Crippen LogP contribution in [0.5, 0.6) is 0 Å². The van der Waals surface area contributed by atoms with Crippen molar-refractivity contribution in [1.29, 1.82) is 0 Å². The summed E-state index contributed by atoms with van der Waals surface area (Å²) in [6, 6.07) is 6.03. The van der Waals surface area contributed by atoms with Crippen molar-refractivity contribution in [2.75, 3.05) is 31.5 Å². The number of nitrogens with zero attached hydrogens (tertiary/aromatic N) is 1. The Hall–Kier alpha value is -1.39. The number of aryl methyl sites for hydroxylation is 2. The van der Waals surface area contributed by atoms with E-state index in [-0.39, 0.29) is 11.9 Å². The first-order valence-electron chi connectivity index (χ1n) is 7.95. The number of amides is 1. The lowest BCUT2D eigenvalue weighted by Gasteiger charge is -2.35. The number of rotatable bonds is 5. The van der Waals surface area contributed by atoms with E-state index in [2.05, 4.69) is 22.5 Å². The minimum absolute atomic E-state index is 0.0655. The van der Waals surface area contributed by atoms with Crippen LogP contribution in [0.2, 0.25) is 0 Å². The van der Waals surface area contributed by atoms with Gasteiger partial charge < -0.3 is 10.6 Å². The minimum Gasteiger partial charge on any atom is -0.324 e. The van der Waals surface area contributed by atoms with Crippen molar-refractivity contribution in [2.45, 2.75) is 39.7 Å². The molecule has 1 aromatic carbocycles. The van der Waals surface area contributed by atoms with Crippen LogP contribution in [0, 0.1) is 13.8 Å². The van der Waals surface area contributed by atoms with Crippen molar-refractivity contribution in [3.05, 3.63) is 29.3 Å². The van der Waals surface area contributed by atoms with Crippen LogP contribution in [-0.4, -0.2) is 43.0 Å². The first kappa shape index (κ1) is 16.0. The van der Waals surface area contributed by atoms with Gasteiger partial charge in [0.25, 0.3) is 0 Å². The molecule has 1 aromatic rings. The minimum atomic E-state index is -0.0655. The zero-order chi connectivity index (χ0) is 15.2. The molecule has 21 heavy (non-hydrogen) atoms. The van der Waals surface area contributed by atoms with Crippen LogP contribution in [-0.2, 0) is 4.79 Å². The number of nitrogens with one attached hydrogen (secondary N) is 2. The Bertz CT molecular complexity index is 467. The summed E-state index contributed by atoms with van der Waals surface area (Å²) in [6.45, 7) is 9.92. The van der Waals surface area contributed by atoms with E-state index in [0.29, 0.717) is 0 Å². The summed E-state index contributed by atoms with van der Waals surface area (Å²) < 4.78 is 0. The zero-order valence-corrected chi connectivity index (χ0v) is 13.4. The molecule has 1 fully saturated rings. The number of piperazine rings is 1. The fourth-order valence-electron chi connectivity index (χ4n) is 2.85. The topological polar surface area (TPSA) is 44.4 Å². The summed E-state index contributed by atoms with van der Waals surface area (Å²) in [4.78, 5) is 15.0. The van der Waals surface area contributed by atoms with E-state index in [0.717, 1.165) is 55.8 Å². The molecule has 0 radical (unpaired) electrons. The number of hydrogen-bond donors (Lipinski definition) is 2. The average molecular weight is 289 g/mol. The number of benzene rings is 1. The van der Waals surface area contributed by atoms with Crippen molar-refractivity contribution < 1.29 is 4.79 Å². The number of para-hydroxylation sites is 1. The second-order valence-electron chi connectivity index (χ2n) is 5.87. The predicted molar refractivity (Wildman–Crippen MR) is 87.7 cm³/mol. The highest BCUT2D eigenvalue weighted by Crippen LogP contribution is 2.20. The maximum Gasteiger partial charge on any atom is 0.243 e. The van der Waals surface area contributed by atoms with Gasteiger partial charge in [-0.25, -0.2) is 0 Å². The zero-order valence-electron chi connectivity index (χ0n) is 13.4. The highest BCUT2D eigenvalue weighted by atomic mass is 16.2. The molecule has 0 aromatic heterocycles. The van der Waals surface area contributed by atoms with Gasteiger partial charge in [-0.2, -0.15) is 0 Å². The van der Waals surface area contributed by atoms with Crippen molar-refractivity contribution >= 4 is 11.6 Å². The molecule has 2 rings (SSSR count). The molecule has 4 heteroatoms. The SMILES string of the molecule is CCCCN1CCNC[C@H]1C(=O)Nc1c(C)cccc1C. The number of anilines is 1. The summed E-state index contributed by atoms with van der Waals surface area (Å²) in [5, 5.41) is 6.47. The number of hydrogen-bond acceptors (Lipinski definition) is 3. The van der Waals surface area contributed by atoms with Crippen LogP contribution in [0.4, 0.5) is 5.69 Å². The first-order valence-corrected chi connectivity index (χ1v) is 7.95. The van der Waals surface area contributed by atoms with E-state index < -0.39 is 0 Å². The lowest BCUT2D eigenvalue weighted by atomic mass is 10.1. The first-order chi connectivity index (χ1) is 10.1. The van der Waals surface area contributed by atoms with Crippen molar-refractivity contribution in [1.82, 2.24) is 10.2 Å². The van der Waals surface area contributed by atoms with Gasteiger partial charge in [-0.15, -0.1) is 0 Å². The van der Waals surface area contributed by atoms with Gasteiger partial charge in [-0.05, 0) is 37.9 Å². The molecular formula is C17H27N3O. The molecule has 1 saturated heterocycles. The number of carbonyl (C=O) groups excluding carboxylic acids is 1. The maximum absolute atomic E-state index is 12.7. The second kappa shape index (κ2) is 7.57. The molecule has 0 unspecified atom stereocenters. The van der Waals surface area contributed by atoms with Crippen LogP contribution in [0.25, 0.3) is 0 Å². The van der Waals surface area contributed by atoms with E-state index in [1.54, 1.807) is 0 Å². The number of unbranched alkanes of at least 4 members (excludes halogenated alkanes) is 1. The van der Waals surface area contributed by atoms with Crippen molar-refractivity contribution in [3.8, 4) is 0 Å². The van der Waals surface area contributed by atoms with Crippen molar-refractivity contribution in [2.24, 2.45) is 0 Å². The van der Waals surface area contributed by atoms with E-state index in [1.165, 1.54) is 0 Å². The van der Waals surface area contributed by atoms with Crippen LogP contribution < -0.4 is 10.6 Å². The predicted octanol–water partition coefficient (Wildman–Crippen LogP) is 2.32. The van der Waals surface area contributed by atoms with E-state index in [1.807, 2.05) is 32.0 Å². The van der Waals surface area contributed by atoms with Crippen LogP contribution in [0.15, 0.2) is 18.2 Å². The lowest BCUT2D eigenvalue weighted by Crippen LogP contribution is -2.56. The molecule has 4 nitrogen and oxygen atoms in total. The largest absolute Gasteiger partial charge is 0.324 e. The Morgan fingerprint density at radius 2 is 2.10 bits per heavy atom. The third-order valence-electron chi connectivity index (χ3n) is 4.19. The molecule has 0 bridgehead atoms. The molecular weight excluding hydrogens is 262 g/mol. The fourth-order valence-corrected chi connectivity index (χ4v) is 2.85. The summed E-state index contributed by atoms with van der Waals surface area (Å²) in [5.74, 6) is 0.107. The number of carbonyl (C=O) groups is 1. The molecule has 2 N–H and O–H groups in total. The Balaban J connectivity index is 2.07. The van der Waals surface area contributed by atoms with Gasteiger partial charge >= 0.3 is 0 Å². The van der Waals surface area contributed by atoms with E-state index in [9.17, 15) is 4.79 Å². The van der Waals surface area contributed by atoms with Gasteiger partial charge in [0.2, 0.25) is 5.91 Å². The third kappa shape index (κ3) is 4.05. The molecule has 1 heterocycles. The molecule has 1 aliphatic heterocycles. The highest BCUT2D eigenvalue weighted by Gasteiger charge is 2.28. The Labute approximate surface area is 127 Å². The smallest absolute Gasteiger partial charge is 0.243 e. The molecule has 116 valence electrons. The van der Waals surface area contributed by atoms with E-state index in [4.69, 9.17) is 0 Å². The maximum atomic E-state index is 12.7. The van der Waals surface area contributed by atoms with Gasteiger partial charge in [-0.3, -0.25) is 9.69 Å². The molecule has 1 aliphatic rings. The highest BCUT2D eigenvalue weighted by molar-refractivity contribution is 5.96. The van der Waals surface area contributed by atoms with Gasteiger partial charge in [0.1, 0.15) is 6.04 Å². The van der Waals surface area contributed by atoms with Gasteiger partial charge in [0.15, 0.2) is 0 Å². The summed E-state index contributed by atoms with van der Waals surface area (Å²) >= 11 is 0. The third-order valence-corrected chi connectivity index (χ3v) is 4.19. The van der Waals surface area contributed by atoms with Gasteiger partial charge in [0, 0.05) is 25.3 Å². The molecule has 0 spiro atoms. The average Bonchev–Trinajstić information content (AvgIpc) is 2.49. The monoisotopic (exact) mass is 289 g/mol. The van der Waals surface area contributed by atoms with Gasteiger partial charge in [0.05, 0.1) is 0 Å². The lowest BCUT2D eigenvalue weighted by molar-refractivity contribution is -0.121. The Morgan fingerprint density at radius 3 is 2.76 bits per heavy atom.